The lowest BCUT2D eigenvalue weighted by atomic mass is 10.0. The molecule has 224 valence electrons. The Morgan fingerprint density at radius 3 is 2.12 bits per heavy atom. The Kier molecular flexibility index (Phi) is 11.8. The minimum absolute atomic E-state index is 0.0880. The number of carbonyl (C=O) groups is 1. The minimum atomic E-state index is -0.565. The number of nitro groups is 1. The zero-order chi connectivity index (χ0) is 29.7. The Balaban J connectivity index is 1.32. The second kappa shape index (κ2) is 15.9. The van der Waals surface area contributed by atoms with E-state index in [0.717, 1.165) is 55.6 Å². The van der Waals surface area contributed by atoms with Gasteiger partial charge in [-0.15, -0.1) is 0 Å². The molecule has 0 saturated heterocycles. The van der Waals surface area contributed by atoms with E-state index in [1.54, 1.807) is 18.2 Å². The average molecular weight is 574 g/mol. The normalized spacial score (nSPS) is 13.8. The average Bonchev–Trinajstić information content (AvgIpc) is 3.41. The van der Waals surface area contributed by atoms with Crippen molar-refractivity contribution in [1.82, 2.24) is 0 Å². The van der Waals surface area contributed by atoms with Crippen LogP contribution in [0.25, 0.3) is 11.1 Å². The van der Waals surface area contributed by atoms with Gasteiger partial charge in [-0.25, -0.2) is 4.79 Å². The second-order valence-electron chi connectivity index (χ2n) is 11.1. The van der Waals surface area contributed by atoms with Crippen LogP contribution in [0.4, 0.5) is 5.69 Å². The van der Waals surface area contributed by atoms with Crippen LogP contribution >= 0.6 is 0 Å². The molecular weight excluding hydrogens is 530 g/mol. The van der Waals surface area contributed by atoms with Crippen molar-refractivity contribution in [3.8, 4) is 28.4 Å². The number of esters is 1. The SMILES string of the molecule is CCCCCCCCOc1ccc(-c2ccc(C(=O)Oc3cc4c(c([N+](=O)[O-])c3)OC(CCCCCC)C4)cc2)cc1. The maximum atomic E-state index is 12.9. The Morgan fingerprint density at radius 2 is 1.45 bits per heavy atom. The van der Waals surface area contributed by atoms with Crippen LogP contribution < -0.4 is 14.2 Å². The number of unbranched alkanes of at least 4 members (excludes halogenated alkanes) is 8. The van der Waals surface area contributed by atoms with Gasteiger partial charge in [0.1, 0.15) is 17.6 Å². The van der Waals surface area contributed by atoms with Gasteiger partial charge in [0.05, 0.1) is 23.2 Å². The first-order valence-electron chi connectivity index (χ1n) is 15.5. The van der Waals surface area contributed by atoms with Crippen LogP contribution in [-0.2, 0) is 6.42 Å². The molecule has 0 aromatic heterocycles. The fourth-order valence-electron chi connectivity index (χ4n) is 5.32. The van der Waals surface area contributed by atoms with Crippen LogP contribution in [0.5, 0.6) is 17.2 Å². The molecule has 1 aliphatic rings. The summed E-state index contributed by atoms with van der Waals surface area (Å²) in [6.45, 7) is 5.11. The lowest BCUT2D eigenvalue weighted by molar-refractivity contribution is -0.385. The molecule has 1 aliphatic heterocycles. The van der Waals surface area contributed by atoms with Gasteiger partial charge in [0.2, 0.25) is 5.75 Å². The maximum Gasteiger partial charge on any atom is 0.343 e. The highest BCUT2D eigenvalue weighted by Gasteiger charge is 2.31. The molecule has 1 heterocycles. The largest absolute Gasteiger partial charge is 0.494 e. The monoisotopic (exact) mass is 573 g/mol. The molecular formula is C35H43NO6. The van der Waals surface area contributed by atoms with E-state index in [-0.39, 0.29) is 17.5 Å². The number of ether oxygens (including phenoxy) is 3. The molecule has 42 heavy (non-hydrogen) atoms. The van der Waals surface area contributed by atoms with Gasteiger partial charge in [0, 0.05) is 12.0 Å². The molecule has 0 aliphatic carbocycles. The van der Waals surface area contributed by atoms with E-state index in [2.05, 4.69) is 13.8 Å². The van der Waals surface area contributed by atoms with E-state index < -0.39 is 10.9 Å². The zero-order valence-corrected chi connectivity index (χ0v) is 24.9. The molecule has 1 atom stereocenters. The summed E-state index contributed by atoms with van der Waals surface area (Å²) < 4.78 is 17.4. The highest BCUT2D eigenvalue weighted by molar-refractivity contribution is 5.91. The summed E-state index contributed by atoms with van der Waals surface area (Å²) >= 11 is 0. The van der Waals surface area contributed by atoms with Crippen molar-refractivity contribution in [1.29, 1.82) is 0 Å². The second-order valence-corrected chi connectivity index (χ2v) is 11.1. The number of benzene rings is 3. The van der Waals surface area contributed by atoms with Crippen molar-refractivity contribution < 1.29 is 23.9 Å². The van der Waals surface area contributed by atoms with Gasteiger partial charge < -0.3 is 14.2 Å². The van der Waals surface area contributed by atoms with Crippen molar-refractivity contribution in [3.63, 3.8) is 0 Å². The first-order valence-corrected chi connectivity index (χ1v) is 15.5. The Labute approximate surface area is 249 Å². The van der Waals surface area contributed by atoms with E-state index in [4.69, 9.17) is 14.2 Å². The number of rotatable bonds is 17. The molecule has 7 nitrogen and oxygen atoms in total. The third-order valence-corrected chi connectivity index (χ3v) is 7.71. The molecule has 3 aromatic rings. The summed E-state index contributed by atoms with van der Waals surface area (Å²) in [4.78, 5) is 24.2. The van der Waals surface area contributed by atoms with Gasteiger partial charge >= 0.3 is 11.7 Å². The first-order chi connectivity index (χ1) is 20.5. The fraction of sp³-hybridized carbons (Fsp3) is 0.457. The smallest absolute Gasteiger partial charge is 0.343 e. The molecule has 0 N–H and O–H groups in total. The highest BCUT2D eigenvalue weighted by atomic mass is 16.6. The standard InChI is InChI=1S/C35H43NO6/c1-3-5-7-9-10-12-22-40-30-20-18-27(19-21-30)26-14-16-28(17-15-26)35(37)42-32-24-29-23-31(13-11-8-6-4-2)41-34(29)33(25-32)36(38)39/h14-21,24-25,31H,3-13,22-23H2,1-2H3. The van der Waals surface area contributed by atoms with Crippen LogP contribution in [0, 0.1) is 10.1 Å². The molecule has 0 fully saturated rings. The molecule has 0 amide bonds. The van der Waals surface area contributed by atoms with Crippen molar-refractivity contribution in [2.24, 2.45) is 0 Å². The zero-order valence-electron chi connectivity index (χ0n) is 24.9. The van der Waals surface area contributed by atoms with Crippen molar-refractivity contribution in [3.05, 3.63) is 81.9 Å². The molecule has 4 rings (SSSR count). The predicted molar refractivity (Wildman–Crippen MR) is 166 cm³/mol. The van der Waals surface area contributed by atoms with Crippen LogP contribution in [0.3, 0.4) is 0 Å². The molecule has 0 radical (unpaired) electrons. The fourth-order valence-corrected chi connectivity index (χ4v) is 5.32. The first kappa shape index (κ1) is 31.1. The topological polar surface area (TPSA) is 87.9 Å². The van der Waals surface area contributed by atoms with Crippen LogP contribution in [0.15, 0.2) is 60.7 Å². The molecule has 0 bridgehead atoms. The van der Waals surface area contributed by atoms with Crippen molar-refractivity contribution >= 4 is 11.7 Å². The number of carbonyl (C=O) groups excluding carboxylic acids is 1. The summed E-state index contributed by atoms with van der Waals surface area (Å²) in [6.07, 6.45) is 13.2. The third kappa shape index (κ3) is 8.81. The summed E-state index contributed by atoms with van der Waals surface area (Å²) in [5, 5.41) is 11.8. The number of fused-ring (bicyclic) bond motifs is 1. The van der Waals surface area contributed by atoms with Crippen LogP contribution in [0.1, 0.15) is 100 Å². The molecule has 0 spiro atoms. The van der Waals surface area contributed by atoms with Gasteiger partial charge in [-0.1, -0.05) is 89.5 Å². The van der Waals surface area contributed by atoms with Gasteiger partial charge in [-0.2, -0.15) is 0 Å². The van der Waals surface area contributed by atoms with E-state index in [0.29, 0.717) is 23.3 Å². The van der Waals surface area contributed by atoms with Gasteiger partial charge in [0.25, 0.3) is 0 Å². The molecule has 3 aromatic carbocycles. The summed E-state index contributed by atoms with van der Waals surface area (Å²) in [6, 6.07) is 18.1. The van der Waals surface area contributed by atoms with E-state index in [1.165, 1.54) is 44.6 Å². The summed E-state index contributed by atoms with van der Waals surface area (Å²) in [5.41, 5.74) is 2.89. The Morgan fingerprint density at radius 1 is 0.833 bits per heavy atom. The lowest BCUT2D eigenvalue weighted by Gasteiger charge is -2.10. The van der Waals surface area contributed by atoms with E-state index in [9.17, 15) is 14.9 Å². The minimum Gasteiger partial charge on any atom is -0.494 e. The Bertz CT molecular complexity index is 1300. The van der Waals surface area contributed by atoms with E-state index >= 15 is 0 Å². The van der Waals surface area contributed by atoms with Crippen LogP contribution in [0.2, 0.25) is 0 Å². The van der Waals surface area contributed by atoms with E-state index in [1.807, 2.05) is 36.4 Å². The third-order valence-electron chi connectivity index (χ3n) is 7.71. The predicted octanol–water partition coefficient (Wildman–Crippen LogP) is 9.49. The number of hydrogen-bond acceptors (Lipinski definition) is 6. The summed E-state index contributed by atoms with van der Waals surface area (Å²) in [5.74, 6) is 0.734. The van der Waals surface area contributed by atoms with Gasteiger partial charge in [-0.3, -0.25) is 10.1 Å². The number of nitrogens with zero attached hydrogens (tertiary/aromatic N) is 1. The van der Waals surface area contributed by atoms with Gasteiger partial charge in [-0.05, 0) is 60.7 Å². The van der Waals surface area contributed by atoms with Crippen LogP contribution in [-0.4, -0.2) is 23.6 Å². The highest BCUT2D eigenvalue weighted by Crippen LogP contribution is 2.42. The Hall–Kier alpha value is -3.87. The molecule has 0 saturated carbocycles. The maximum absolute atomic E-state index is 12.9. The molecule has 1 unspecified atom stereocenters. The number of hydrogen-bond donors (Lipinski definition) is 0. The summed E-state index contributed by atoms with van der Waals surface area (Å²) in [7, 11) is 0. The quantitative estimate of drug-likeness (QED) is 0.0525. The van der Waals surface area contributed by atoms with Crippen molar-refractivity contribution in [2.45, 2.75) is 97.0 Å². The lowest BCUT2D eigenvalue weighted by Crippen LogP contribution is -2.12. The van der Waals surface area contributed by atoms with Crippen molar-refractivity contribution in [2.75, 3.05) is 6.61 Å². The van der Waals surface area contributed by atoms with Gasteiger partial charge in [0.15, 0.2) is 0 Å². The molecule has 7 heteroatoms. The number of nitro benzene ring substituents is 1.